The highest BCUT2D eigenvalue weighted by atomic mass is 15.2. The molecule has 0 radical (unpaired) electrons. The van der Waals surface area contributed by atoms with Crippen molar-refractivity contribution >= 4 is 28.4 Å². The lowest BCUT2D eigenvalue weighted by atomic mass is 9.65. The van der Waals surface area contributed by atoms with Crippen molar-refractivity contribution in [3.63, 3.8) is 0 Å². The predicted octanol–water partition coefficient (Wildman–Crippen LogP) is 11.1. The van der Waals surface area contributed by atoms with Crippen molar-refractivity contribution in [3.8, 4) is 0 Å². The fraction of sp³-hybridized carbons (Fsp3) is 0.300. The minimum atomic E-state index is -0.156. The molecule has 2 heteroatoms. The van der Waals surface area contributed by atoms with E-state index in [9.17, 15) is 0 Å². The van der Waals surface area contributed by atoms with Gasteiger partial charge in [0.1, 0.15) is 0 Å². The Morgan fingerprint density at radius 1 is 0.619 bits per heavy atom. The second-order valence-corrected chi connectivity index (χ2v) is 13.8. The number of benzene rings is 4. The quantitative estimate of drug-likeness (QED) is 0.250. The largest absolute Gasteiger partial charge is 0.310 e. The van der Waals surface area contributed by atoms with Crippen molar-refractivity contribution in [1.82, 2.24) is 0 Å². The minimum absolute atomic E-state index is 0.0122. The monoisotopic (exact) mass is 550 g/mol. The van der Waals surface area contributed by atoms with Crippen LogP contribution < -0.4 is 9.80 Å². The average Bonchev–Trinajstić information content (AvgIpc) is 2.92. The molecule has 1 aliphatic carbocycles. The molecular formula is C40H42N2. The first-order valence-corrected chi connectivity index (χ1v) is 15.4. The van der Waals surface area contributed by atoms with E-state index in [2.05, 4.69) is 150 Å². The molecule has 0 unspecified atom stereocenters. The molecule has 2 nitrogen and oxygen atoms in total. The summed E-state index contributed by atoms with van der Waals surface area (Å²) in [4.78, 5) is 5.04. The molecule has 0 N–H and O–H groups in total. The summed E-state index contributed by atoms with van der Waals surface area (Å²) >= 11 is 0. The Hall–Kier alpha value is -4.04. The summed E-state index contributed by atoms with van der Waals surface area (Å²) in [6.45, 7) is 18.4. The van der Waals surface area contributed by atoms with E-state index < -0.39 is 0 Å². The second-order valence-electron chi connectivity index (χ2n) is 13.8. The summed E-state index contributed by atoms with van der Waals surface area (Å²) < 4.78 is 0. The first kappa shape index (κ1) is 26.8. The van der Waals surface area contributed by atoms with Crippen LogP contribution in [0.5, 0.6) is 0 Å². The second kappa shape index (κ2) is 9.23. The third-order valence-corrected chi connectivity index (χ3v) is 9.83. The van der Waals surface area contributed by atoms with E-state index in [4.69, 9.17) is 0 Å². The van der Waals surface area contributed by atoms with Gasteiger partial charge in [-0.25, -0.2) is 0 Å². The smallest absolute Gasteiger partial charge is 0.0543 e. The van der Waals surface area contributed by atoms with E-state index in [0.717, 1.165) is 12.8 Å². The van der Waals surface area contributed by atoms with E-state index in [1.54, 1.807) is 5.57 Å². The highest BCUT2D eigenvalue weighted by molar-refractivity contribution is 5.90. The van der Waals surface area contributed by atoms with E-state index in [0.29, 0.717) is 0 Å². The Morgan fingerprint density at radius 3 is 1.79 bits per heavy atom. The summed E-state index contributed by atoms with van der Waals surface area (Å²) in [7, 11) is 0. The van der Waals surface area contributed by atoms with Gasteiger partial charge in [0.15, 0.2) is 0 Å². The lowest BCUT2D eigenvalue weighted by Gasteiger charge is -2.50. The molecule has 4 aromatic rings. The number of nitrogens with zero attached hydrogens (tertiary/aromatic N) is 2. The van der Waals surface area contributed by atoms with Gasteiger partial charge in [0, 0.05) is 33.6 Å². The van der Waals surface area contributed by atoms with Crippen LogP contribution in [0.3, 0.4) is 0 Å². The number of fused-ring (bicyclic) bond motifs is 3. The minimum Gasteiger partial charge on any atom is -0.310 e. The molecule has 7 rings (SSSR count). The van der Waals surface area contributed by atoms with Crippen molar-refractivity contribution in [1.29, 1.82) is 0 Å². The summed E-state index contributed by atoms with van der Waals surface area (Å²) in [5.74, 6) is 0. The third-order valence-electron chi connectivity index (χ3n) is 9.83. The van der Waals surface area contributed by atoms with Crippen LogP contribution in [0.1, 0.15) is 79.5 Å². The van der Waals surface area contributed by atoms with Gasteiger partial charge in [0.05, 0.1) is 11.4 Å². The van der Waals surface area contributed by atoms with E-state index in [-0.39, 0.29) is 10.8 Å². The Kier molecular flexibility index (Phi) is 5.90. The molecule has 0 amide bonds. The maximum Gasteiger partial charge on any atom is 0.0543 e. The summed E-state index contributed by atoms with van der Waals surface area (Å²) in [5.41, 5.74) is 18.4. The summed E-state index contributed by atoms with van der Waals surface area (Å²) in [6, 6.07) is 28.0. The molecule has 3 aliphatic rings. The van der Waals surface area contributed by atoms with Crippen molar-refractivity contribution < 1.29 is 0 Å². The lowest BCUT2D eigenvalue weighted by Crippen LogP contribution is -2.40. The first-order chi connectivity index (χ1) is 20.0. The van der Waals surface area contributed by atoms with Crippen molar-refractivity contribution in [2.45, 2.75) is 79.1 Å². The fourth-order valence-electron chi connectivity index (χ4n) is 7.93. The number of hydrogen-bond donors (Lipinski definition) is 0. The van der Waals surface area contributed by atoms with Crippen molar-refractivity contribution in [2.24, 2.45) is 0 Å². The molecule has 0 spiro atoms. The zero-order valence-corrected chi connectivity index (χ0v) is 26.4. The molecular weight excluding hydrogens is 508 g/mol. The zero-order valence-electron chi connectivity index (χ0n) is 26.4. The molecule has 42 heavy (non-hydrogen) atoms. The van der Waals surface area contributed by atoms with Crippen LogP contribution in [0.15, 0.2) is 96.2 Å². The van der Waals surface area contributed by atoms with Gasteiger partial charge in [-0.1, -0.05) is 64.1 Å². The van der Waals surface area contributed by atoms with Gasteiger partial charge in [-0.05, 0) is 134 Å². The van der Waals surface area contributed by atoms with E-state index in [1.165, 1.54) is 73.1 Å². The van der Waals surface area contributed by atoms with Gasteiger partial charge >= 0.3 is 0 Å². The number of para-hydroxylation sites is 1. The highest BCUT2D eigenvalue weighted by Gasteiger charge is 2.46. The van der Waals surface area contributed by atoms with Gasteiger partial charge < -0.3 is 9.80 Å². The van der Waals surface area contributed by atoms with Gasteiger partial charge in [-0.2, -0.15) is 0 Å². The zero-order chi connectivity index (χ0) is 29.6. The number of rotatable bonds is 3. The fourth-order valence-corrected chi connectivity index (χ4v) is 7.93. The van der Waals surface area contributed by atoms with Crippen LogP contribution in [0.4, 0.5) is 28.4 Å². The topological polar surface area (TPSA) is 6.48 Å². The third kappa shape index (κ3) is 3.91. The summed E-state index contributed by atoms with van der Waals surface area (Å²) in [6.07, 6.45) is 6.97. The van der Waals surface area contributed by atoms with Crippen molar-refractivity contribution in [3.05, 3.63) is 135 Å². The van der Waals surface area contributed by atoms with Gasteiger partial charge in [-0.15, -0.1) is 0 Å². The standard InChI is InChI=1S/C40H42N2/c1-25-18-26(2)21-30(20-25)41(31-22-27(3)19-28(4)23-31)29-16-17-37-35(24-29)40(7,8)34-14-11-13-33-38(34)42(37)36-15-10-9-12-32(36)39(33,5)6/h10-11,13-24H,9,12H2,1-8H3. The predicted molar refractivity (Wildman–Crippen MR) is 179 cm³/mol. The molecule has 212 valence electrons. The molecule has 2 aliphatic heterocycles. The van der Waals surface area contributed by atoms with E-state index >= 15 is 0 Å². The molecule has 0 saturated carbocycles. The van der Waals surface area contributed by atoms with E-state index in [1.807, 2.05) is 0 Å². The summed E-state index contributed by atoms with van der Waals surface area (Å²) in [5, 5.41) is 0. The highest BCUT2D eigenvalue weighted by Crippen LogP contribution is 2.59. The molecule has 0 aromatic heterocycles. The molecule has 4 aromatic carbocycles. The molecule has 0 fully saturated rings. The Balaban J connectivity index is 1.49. The number of allylic oxidation sites excluding steroid dienone is 3. The normalized spacial score (nSPS) is 17.5. The number of anilines is 5. The van der Waals surface area contributed by atoms with Gasteiger partial charge in [0.2, 0.25) is 0 Å². The Morgan fingerprint density at radius 2 is 1.19 bits per heavy atom. The van der Waals surface area contributed by atoms with Crippen LogP contribution in [0, 0.1) is 27.7 Å². The van der Waals surface area contributed by atoms with Crippen LogP contribution >= 0.6 is 0 Å². The molecule has 0 saturated heterocycles. The van der Waals surface area contributed by atoms with Crippen molar-refractivity contribution in [2.75, 3.05) is 9.80 Å². The van der Waals surface area contributed by atoms with Gasteiger partial charge in [-0.3, -0.25) is 0 Å². The maximum atomic E-state index is 2.59. The molecule has 0 bridgehead atoms. The van der Waals surface area contributed by atoms with Crippen LogP contribution in [-0.2, 0) is 10.8 Å². The van der Waals surface area contributed by atoms with Gasteiger partial charge in [0.25, 0.3) is 0 Å². The molecule has 2 heterocycles. The number of hydrogen-bond acceptors (Lipinski definition) is 2. The Labute approximate surface area is 252 Å². The SMILES string of the molecule is Cc1cc(C)cc(N(c2cc(C)cc(C)c2)c2ccc3c(c2)C(C)(C)c2cccc4c2N3C2=C(CCC=C2)C4(C)C)c1. The first-order valence-electron chi connectivity index (χ1n) is 15.4. The average molecular weight is 551 g/mol. The lowest BCUT2D eigenvalue weighted by molar-refractivity contribution is 0.555. The maximum absolute atomic E-state index is 2.59. The van der Waals surface area contributed by atoms with Crippen LogP contribution in [0.2, 0.25) is 0 Å². The molecule has 0 atom stereocenters. The van der Waals surface area contributed by atoms with Crippen LogP contribution in [0.25, 0.3) is 0 Å². The van der Waals surface area contributed by atoms with Crippen LogP contribution in [-0.4, -0.2) is 0 Å². The Bertz CT molecular complexity index is 1740. The number of aryl methyl sites for hydroxylation is 4.